The van der Waals surface area contributed by atoms with Crippen LogP contribution in [-0.4, -0.2) is 29.5 Å². The first kappa shape index (κ1) is 16.5. The highest BCUT2D eigenvalue weighted by atomic mass is 16.5. The number of aromatic nitrogens is 1. The second-order valence-corrected chi connectivity index (χ2v) is 4.90. The van der Waals surface area contributed by atoms with Gasteiger partial charge < -0.3 is 15.8 Å². The first-order valence-electron chi connectivity index (χ1n) is 7.33. The van der Waals surface area contributed by atoms with Crippen molar-refractivity contribution in [2.45, 2.75) is 19.4 Å². The van der Waals surface area contributed by atoms with Gasteiger partial charge in [0.25, 0.3) is 5.91 Å². The van der Waals surface area contributed by atoms with Gasteiger partial charge in [-0.25, -0.2) is 9.78 Å². The zero-order chi connectivity index (χ0) is 16.7. The van der Waals surface area contributed by atoms with Gasteiger partial charge in [-0.05, 0) is 24.6 Å². The van der Waals surface area contributed by atoms with E-state index in [1.54, 1.807) is 19.1 Å². The molecule has 0 aliphatic heterocycles. The van der Waals surface area contributed by atoms with Gasteiger partial charge in [0.2, 0.25) is 0 Å². The monoisotopic (exact) mass is 313 g/mol. The molecule has 0 saturated heterocycles. The summed E-state index contributed by atoms with van der Waals surface area (Å²) in [5.74, 6) is -0.816. The summed E-state index contributed by atoms with van der Waals surface area (Å²) >= 11 is 0. The molecule has 0 fully saturated rings. The van der Waals surface area contributed by atoms with Gasteiger partial charge in [0.15, 0.2) is 0 Å². The highest BCUT2D eigenvalue weighted by Crippen LogP contribution is 2.09. The van der Waals surface area contributed by atoms with E-state index < -0.39 is 17.9 Å². The van der Waals surface area contributed by atoms with Gasteiger partial charge in [0.1, 0.15) is 11.9 Å². The zero-order valence-corrected chi connectivity index (χ0v) is 12.9. The normalized spacial score (nSPS) is 11.5. The highest BCUT2D eigenvalue weighted by molar-refractivity contribution is 6.00. The molecular weight excluding hydrogens is 294 g/mol. The number of carbonyl (C=O) groups excluding carboxylic acids is 2. The number of nitrogen functional groups attached to an aromatic ring is 1. The third-order valence-electron chi connectivity index (χ3n) is 3.24. The molecule has 23 heavy (non-hydrogen) atoms. The zero-order valence-electron chi connectivity index (χ0n) is 12.9. The molecule has 1 aromatic heterocycles. The number of amides is 1. The number of nitrogens with zero attached hydrogens (tertiary/aromatic N) is 1. The van der Waals surface area contributed by atoms with Crippen LogP contribution < -0.4 is 11.1 Å². The van der Waals surface area contributed by atoms with Crippen LogP contribution in [0, 0.1) is 0 Å². The van der Waals surface area contributed by atoms with Gasteiger partial charge in [-0.3, -0.25) is 4.79 Å². The van der Waals surface area contributed by atoms with Crippen LogP contribution in [0.4, 0.5) is 5.82 Å². The standard InChI is InChI=1S/C17H19N3O3/c1-2-23-17(22)14(11-12-7-4-3-5-8-12)20-16(21)13-9-6-10-19-15(13)18/h3-10,14H,2,11H2,1H3,(H2,18,19)(H,20,21). The Morgan fingerprint density at radius 3 is 2.61 bits per heavy atom. The maximum absolute atomic E-state index is 12.3. The van der Waals surface area contributed by atoms with Crippen LogP contribution >= 0.6 is 0 Å². The van der Waals surface area contributed by atoms with Gasteiger partial charge in [0.05, 0.1) is 12.2 Å². The van der Waals surface area contributed by atoms with Crippen LogP contribution in [0.5, 0.6) is 0 Å². The Hall–Kier alpha value is -2.89. The summed E-state index contributed by atoms with van der Waals surface area (Å²) in [4.78, 5) is 28.3. The minimum atomic E-state index is -0.788. The van der Waals surface area contributed by atoms with E-state index >= 15 is 0 Å². The van der Waals surface area contributed by atoms with E-state index in [-0.39, 0.29) is 18.0 Å². The first-order chi connectivity index (χ1) is 11.1. The van der Waals surface area contributed by atoms with Crippen molar-refractivity contribution in [3.63, 3.8) is 0 Å². The molecule has 1 amide bonds. The molecule has 6 nitrogen and oxygen atoms in total. The summed E-state index contributed by atoms with van der Waals surface area (Å²) in [7, 11) is 0. The van der Waals surface area contributed by atoms with Crippen molar-refractivity contribution in [1.29, 1.82) is 0 Å². The maximum atomic E-state index is 12.3. The summed E-state index contributed by atoms with van der Waals surface area (Å²) < 4.78 is 5.04. The number of pyridine rings is 1. The fourth-order valence-corrected chi connectivity index (χ4v) is 2.13. The third-order valence-corrected chi connectivity index (χ3v) is 3.24. The Balaban J connectivity index is 2.15. The fraction of sp³-hybridized carbons (Fsp3) is 0.235. The second kappa shape index (κ2) is 7.93. The molecule has 1 unspecified atom stereocenters. The van der Waals surface area contributed by atoms with E-state index in [0.717, 1.165) is 5.56 Å². The van der Waals surface area contributed by atoms with Crippen molar-refractivity contribution < 1.29 is 14.3 Å². The van der Waals surface area contributed by atoms with Gasteiger partial charge in [-0.1, -0.05) is 30.3 Å². The lowest BCUT2D eigenvalue weighted by Crippen LogP contribution is -2.43. The van der Waals surface area contributed by atoms with E-state index in [4.69, 9.17) is 10.5 Å². The lowest BCUT2D eigenvalue weighted by molar-refractivity contribution is -0.145. The average molecular weight is 313 g/mol. The van der Waals surface area contributed by atoms with Crippen LogP contribution in [0.3, 0.4) is 0 Å². The minimum Gasteiger partial charge on any atom is -0.464 e. The van der Waals surface area contributed by atoms with E-state index in [9.17, 15) is 9.59 Å². The highest BCUT2D eigenvalue weighted by Gasteiger charge is 2.24. The fourth-order valence-electron chi connectivity index (χ4n) is 2.13. The SMILES string of the molecule is CCOC(=O)C(Cc1ccccc1)NC(=O)c1cccnc1N. The molecule has 1 atom stereocenters. The van der Waals surface area contributed by atoms with Crippen LogP contribution in [-0.2, 0) is 16.0 Å². The second-order valence-electron chi connectivity index (χ2n) is 4.90. The molecule has 1 heterocycles. The summed E-state index contributed by atoms with van der Waals surface area (Å²) in [6.07, 6.45) is 1.84. The van der Waals surface area contributed by atoms with Crippen molar-refractivity contribution >= 4 is 17.7 Å². The molecule has 2 aromatic rings. The molecule has 0 bridgehead atoms. The number of nitrogens with one attached hydrogen (secondary N) is 1. The predicted octanol–water partition coefficient (Wildman–Crippen LogP) is 1.57. The van der Waals surface area contributed by atoms with Crippen molar-refractivity contribution in [2.75, 3.05) is 12.3 Å². The van der Waals surface area contributed by atoms with Gasteiger partial charge in [0, 0.05) is 12.6 Å². The predicted molar refractivity (Wildman–Crippen MR) is 86.7 cm³/mol. The van der Waals surface area contributed by atoms with Crippen molar-refractivity contribution in [2.24, 2.45) is 0 Å². The van der Waals surface area contributed by atoms with Crippen LogP contribution in [0.1, 0.15) is 22.8 Å². The maximum Gasteiger partial charge on any atom is 0.328 e. The quantitative estimate of drug-likeness (QED) is 0.789. The molecular formula is C17H19N3O3. The molecule has 120 valence electrons. The average Bonchev–Trinajstić information content (AvgIpc) is 2.55. The number of benzene rings is 1. The Morgan fingerprint density at radius 2 is 1.96 bits per heavy atom. The first-order valence-corrected chi connectivity index (χ1v) is 7.33. The molecule has 0 radical (unpaired) electrons. The topological polar surface area (TPSA) is 94.3 Å². The van der Waals surface area contributed by atoms with E-state index in [2.05, 4.69) is 10.3 Å². The molecule has 3 N–H and O–H groups in total. The van der Waals surface area contributed by atoms with Gasteiger partial charge in [-0.2, -0.15) is 0 Å². The molecule has 0 aliphatic carbocycles. The number of ether oxygens (including phenoxy) is 1. The number of anilines is 1. The largest absolute Gasteiger partial charge is 0.464 e. The number of rotatable bonds is 6. The number of hydrogen-bond donors (Lipinski definition) is 2. The van der Waals surface area contributed by atoms with E-state index in [1.165, 1.54) is 6.20 Å². The number of carbonyl (C=O) groups is 2. The van der Waals surface area contributed by atoms with E-state index in [1.807, 2.05) is 30.3 Å². The van der Waals surface area contributed by atoms with Crippen LogP contribution in [0.2, 0.25) is 0 Å². The van der Waals surface area contributed by atoms with Gasteiger partial charge in [-0.15, -0.1) is 0 Å². The molecule has 6 heteroatoms. The lowest BCUT2D eigenvalue weighted by atomic mass is 10.1. The van der Waals surface area contributed by atoms with Crippen molar-refractivity contribution in [1.82, 2.24) is 10.3 Å². The molecule has 2 rings (SSSR count). The molecule has 0 saturated carbocycles. The summed E-state index contributed by atoms with van der Waals surface area (Å²) in [6, 6.07) is 11.8. The molecule has 0 aliphatic rings. The van der Waals surface area contributed by atoms with Crippen LogP contribution in [0.25, 0.3) is 0 Å². The van der Waals surface area contributed by atoms with Crippen LogP contribution in [0.15, 0.2) is 48.7 Å². The smallest absolute Gasteiger partial charge is 0.328 e. The molecule has 1 aromatic carbocycles. The number of hydrogen-bond acceptors (Lipinski definition) is 5. The third kappa shape index (κ3) is 4.54. The summed E-state index contributed by atoms with van der Waals surface area (Å²) in [5.41, 5.74) is 6.85. The summed E-state index contributed by atoms with van der Waals surface area (Å²) in [5, 5.41) is 2.67. The van der Waals surface area contributed by atoms with Crippen molar-refractivity contribution in [3.8, 4) is 0 Å². The number of nitrogens with two attached hydrogens (primary N) is 1. The van der Waals surface area contributed by atoms with Crippen molar-refractivity contribution in [3.05, 3.63) is 59.8 Å². The Kier molecular flexibility index (Phi) is 5.68. The Bertz CT molecular complexity index is 674. The number of esters is 1. The van der Waals surface area contributed by atoms with E-state index in [0.29, 0.717) is 6.42 Å². The Morgan fingerprint density at radius 1 is 1.22 bits per heavy atom. The van der Waals surface area contributed by atoms with Gasteiger partial charge >= 0.3 is 5.97 Å². The summed E-state index contributed by atoms with van der Waals surface area (Å²) in [6.45, 7) is 1.97. The lowest BCUT2D eigenvalue weighted by Gasteiger charge is -2.17. The molecule has 0 spiro atoms. The Labute approximate surface area is 134 Å². The minimum absolute atomic E-state index is 0.118.